The number of hydrogen-bond donors (Lipinski definition) is 1. The molecule has 4 heterocycles. The fraction of sp³-hybridized carbons (Fsp3) is 0.238. The van der Waals surface area contributed by atoms with E-state index < -0.39 is 0 Å². The molecule has 0 amide bonds. The van der Waals surface area contributed by atoms with E-state index in [1.807, 2.05) is 25.2 Å². The van der Waals surface area contributed by atoms with Crippen LogP contribution in [-0.4, -0.2) is 59.0 Å². The van der Waals surface area contributed by atoms with Crippen molar-refractivity contribution in [2.75, 3.05) is 44.6 Å². The van der Waals surface area contributed by atoms with Gasteiger partial charge in [-0.3, -0.25) is 4.98 Å². The smallest absolute Gasteiger partial charge is 0.247 e. The number of fused-ring (bicyclic) bond motifs is 2. The third kappa shape index (κ3) is 3.52. The Hall–Kier alpha value is -4.08. The van der Waals surface area contributed by atoms with E-state index in [1.165, 1.54) is 0 Å². The fourth-order valence-corrected chi connectivity index (χ4v) is 3.44. The highest BCUT2D eigenvalue weighted by Gasteiger charge is 2.19. The zero-order valence-electron chi connectivity index (χ0n) is 17.4. The van der Waals surface area contributed by atoms with E-state index in [9.17, 15) is 0 Å². The van der Waals surface area contributed by atoms with Crippen molar-refractivity contribution in [1.29, 1.82) is 0 Å². The molecule has 31 heavy (non-hydrogen) atoms. The van der Waals surface area contributed by atoms with Gasteiger partial charge in [-0.1, -0.05) is 0 Å². The van der Waals surface area contributed by atoms with Gasteiger partial charge in [-0.25, -0.2) is 9.50 Å². The first-order chi connectivity index (χ1) is 15.1. The average molecular weight is 419 g/mol. The summed E-state index contributed by atoms with van der Waals surface area (Å²) in [4.78, 5) is 15.8. The van der Waals surface area contributed by atoms with Gasteiger partial charge < -0.3 is 24.4 Å². The topological polar surface area (TPSA) is 98.9 Å². The maximum Gasteiger partial charge on any atom is 0.247 e. The lowest BCUT2D eigenvalue weighted by molar-refractivity contribution is 0.309. The van der Waals surface area contributed by atoms with E-state index in [4.69, 9.17) is 14.2 Å². The third-order valence-electron chi connectivity index (χ3n) is 5.01. The molecule has 10 nitrogen and oxygen atoms in total. The SMILES string of the molecule is COc1cc(Nc2nc3c(-c4cnc5c(c4)OCCN5C)nccn3n2)cc(OC)c1. The van der Waals surface area contributed by atoms with Crippen molar-refractivity contribution in [3.63, 3.8) is 0 Å². The number of aromatic nitrogens is 5. The lowest BCUT2D eigenvalue weighted by atomic mass is 10.2. The first-order valence-electron chi connectivity index (χ1n) is 9.70. The summed E-state index contributed by atoms with van der Waals surface area (Å²) in [5.74, 6) is 3.30. The van der Waals surface area contributed by atoms with Gasteiger partial charge in [0.2, 0.25) is 5.95 Å². The summed E-state index contributed by atoms with van der Waals surface area (Å²) in [6.45, 7) is 1.43. The van der Waals surface area contributed by atoms with Crippen LogP contribution in [0.1, 0.15) is 0 Å². The number of ether oxygens (including phenoxy) is 3. The van der Waals surface area contributed by atoms with E-state index in [2.05, 4.69) is 30.3 Å². The minimum atomic E-state index is 0.423. The predicted octanol–water partition coefficient (Wildman–Crippen LogP) is 2.78. The van der Waals surface area contributed by atoms with Crippen molar-refractivity contribution in [2.24, 2.45) is 0 Å². The highest BCUT2D eigenvalue weighted by atomic mass is 16.5. The number of nitrogens with zero attached hydrogens (tertiary/aromatic N) is 6. The number of pyridine rings is 1. The van der Waals surface area contributed by atoms with Gasteiger partial charge in [0.1, 0.15) is 23.8 Å². The molecule has 0 aliphatic carbocycles. The Bertz CT molecular complexity index is 1230. The first-order valence-corrected chi connectivity index (χ1v) is 9.70. The standard InChI is InChI=1S/C21H21N7O3/c1-27-6-7-31-17-8-13(12-23-19(17)27)18-20-25-21(26-28(20)5-4-22-18)24-14-9-15(29-2)11-16(10-14)30-3/h4-5,8-12H,6-7H2,1-3H3,(H,24,26). The minimum absolute atomic E-state index is 0.423. The van der Waals surface area contributed by atoms with Gasteiger partial charge in [-0.15, -0.1) is 5.10 Å². The van der Waals surface area contributed by atoms with E-state index in [0.717, 1.165) is 29.4 Å². The second-order valence-corrected chi connectivity index (χ2v) is 7.02. The van der Waals surface area contributed by atoms with Gasteiger partial charge in [0, 0.05) is 55.1 Å². The van der Waals surface area contributed by atoms with Crippen LogP contribution in [-0.2, 0) is 0 Å². The fourth-order valence-electron chi connectivity index (χ4n) is 3.44. The molecule has 0 fully saturated rings. The predicted molar refractivity (Wildman–Crippen MR) is 116 cm³/mol. The highest BCUT2D eigenvalue weighted by molar-refractivity contribution is 5.76. The van der Waals surface area contributed by atoms with Crippen molar-refractivity contribution in [2.45, 2.75) is 0 Å². The van der Waals surface area contributed by atoms with Crippen LogP contribution in [0, 0.1) is 0 Å². The minimum Gasteiger partial charge on any atom is -0.497 e. The summed E-state index contributed by atoms with van der Waals surface area (Å²) in [6.07, 6.45) is 5.21. The summed E-state index contributed by atoms with van der Waals surface area (Å²) < 4.78 is 18.1. The molecule has 1 aromatic carbocycles. The number of anilines is 3. The third-order valence-corrected chi connectivity index (χ3v) is 5.01. The van der Waals surface area contributed by atoms with Gasteiger partial charge in [0.15, 0.2) is 17.2 Å². The molecule has 1 N–H and O–H groups in total. The van der Waals surface area contributed by atoms with Crippen LogP contribution in [0.4, 0.5) is 17.5 Å². The second kappa shape index (κ2) is 7.63. The largest absolute Gasteiger partial charge is 0.497 e. The van der Waals surface area contributed by atoms with Crippen molar-refractivity contribution >= 4 is 23.1 Å². The normalized spacial score (nSPS) is 12.9. The summed E-state index contributed by atoms with van der Waals surface area (Å²) in [7, 11) is 5.21. The second-order valence-electron chi connectivity index (χ2n) is 7.02. The lowest BCUT2D eigenvalue weighted by Crippen LogP contribution is -2.29. The van der Waals surface area contributed by atoms with Gasteiger partial charge in [0.05, 0.1) is 20.8 Å². The van der Waals surface area contributed by atoms with Crippen LogP contribution in [0.5, 0.6) is 17.2 Å². The highest BCUT2D eigenvalue weighted by Crippen LogP contribution is 2.33. The zero-order valence-corrected chi connectivity index (χ0v) is 17.4. The van der Waals surface area contributed by atoms with Gasteiger partial charge >= 0.3 is 0 Å². The molecule has 4 aromatic rings. The van der Waals surface area contributed by atoms with Crippen LogP contribution >= 0.6 is 0 Å². The quantitative estimate of drug-likeness (QED) is 0.523. The summed E-state index contributed by atoms with van der Waals surface area (Å²) in [5, 5.41) is 7.72. The van der Waals surface area contributed by atoms with Crippen LogP contribution < -0.4 is 24.4 Å². The molecule has 0 radical (unpaired) electrons. The Balaban J connectivity index is 1.52. The molecule has 1 aliphatic rings. The molecule has 1 aliphatic heterocycles. The maximum absolute atomic E-state index is 5.79. The van der Waals surface area contributed by atoms with Crippen LogP contribution in [0.15, 0.2) is 42.9 Å². The Kier molecular flexibility index (Phi) is 4.66. The van der Waals surface area contributed by atoms with Gasteiger partial charge in [-0.2, -0.15) is 4.98 Å². The van der Waals surface area contributed by atoms with E-state index in [1.54, 1.807) is 43.4 Å². The number of nitrogens with one attached hydrogen (secondary N) is 1. The van der Waals surface area contributed by atoms with Crippen molar-refractivity contribution < 1.29 is 14.2 Å². The number of methoxy groups -OCH3 is 2. The molecule has 0 atom stereocenters. The summed E-state index contributed by atoms with van der Waals surface area (Å²) in [5.41, 5.74) is 2.82. The molecule has 0 spiro atoms. The molecule has 10 heteroatoms. The molecule has 5 rings (SSSR count). The van der Waals surface area contributed by atoms with E-state index in [-0.39, 0.29) is 0 Å². The lowest BCUT2D eigenvalue weighted by Gasteiger charge is -2.26. The number of benzene rings is 1. The molecular weight excluding hydrogens is 398 g/mol. The first kappa shape index (κ1) is 18.9. The van der Waals surface area contributed by atoms with Crippen LogP contribution in [0.2, 0.25) is 0 Å². The van der Waals surface area contributed by atoms with Gasteiger partial charge in [0.25, 0.3) is 0 Å². The number of hydrogen-bond acceptors (Lipinski definition) is 9. The maximum atomic E-state index is 5.79. The molecule has 0 bridgehead atoms. The van der Waals surface area contributed by atoms with Gasteiger partial charge in [-0.05, 0) is 6.07 Å². The number of rotatable bonds is 5. The Labute approximate surface area is 178 Å². The average Bonchev–Trinajstić information content (AvgIpc) is 3.21. The molecule has 0 unspecified atom stereocenters. The van der Waals surface area contributed by atoms with Crippen molar-refractivity contribution in [3.05, 3.63) is 42.9 Å². The zero-order chi connectivity index (χ0) is 21.4. The van der Waals surface area contributed by atoms with E-state index >= 15 is 0 Å². The molecule has 3 aromatic heterocycles. The molecule has 0 saturated heterocycles. The summed E-state index contributed by atoms with van der Waals surface area (Å²) in [6, 6.07) is 7.42. The number of likely N-dealkylation sites (N-methyl/N-ethyl adjacent to an activating group) is 1. The van der Waals surface area contributed by atoms with E-state index in [0.29, 0.717) is 35.4 Å². The Morgan fingerprint density at radius 2 is 1.87 bits per heavy atom. The van der Waals surface area contributed by atoms with Crippen LogP contribution in [0.3, 0.4) is 0 Å². The molecule has 158 valence electrons. The monoisotopic (exact) mass is 419 g/mol. The Morgan fingerprint density at radius 3 is 2.65 bits per heavy atom. The molecular formula is C21H21N7O3. The van der Waals surface area contributed by atoms with Crippen molar-refractivity contribution in [3.8, 4) is 28.5 Å². The Morgan fingerprint density at radius 1 is 1.06 bits per heavy atom. The van der Waals surface area contributed by atoms with Crippen LogP contribution in [0.25, 0.3) is 16.9 Å². The van der Waals surface area contributed by atoms with Crippen molar-refractivity contribution in [1.82, 2.24) is 24.6 Å². The summed E-state index contributed by atoms with van der Waals surface area (Å²) >= 11 is 0. The molecule has 0 saturated carbocycles.